The molecule has 0 atom stereocenters. The van der Waals surface area contributed by atoms with Crippen LogP contribution in [0.2, 0.25) is 0 Å². The maximum absolute atomic E-state index is 12.1. The molecule has 0 unspecified atom stereocenters. The van der Waals surface area contributed by atoms with E-state index >= 15 is 0 Å². The summed E-state index contributed by atoms with van der Waals surface area (Å²) in [4.78, 5) is 27.9. The first kappa shape index (κ1) is 14.4. The maximum Gasteiger partial charge on any atom is 0.328 e. The molecule has 6 nitrogen and oxygen atoms in total. The van der Waals surface area contributed by atoms with Crippen LogP contribution in [0.4, 0.5) is 0 Å². The highest BCUT2D eigenvalue weighted by molar-refractivity contribution is 5.98. The number of aromatic nitrogens is 1. The van der Waals surface area contributed by atoms with Gasteiger partial charge in [-0.2, -0.15) is 5.26 Å². The summed E-state index contributed by atoms with van der Waals surface area (Å²) >= 11 is 0. The smallest absolute Gasteiger partial charge is 0.328 e. The molecular formula is C13H13N3O3. The van der Waals surface area contributed by atoms with Crippen molar-refractivity contribution in [2.45, 2.75) is 6.42 Å². The molecule has 19 heavy (non-hydrogen) atoms. The van der Waals surface area contributed by atoms with Crippen LogP contribution in [-0.4, -0.2) is 40.5 Å². The van der Waals surface area contributed by atoms with Crippen molar-refractivity contribution < 1.29 is 14.7 Å². The van der Waals surface area contributed by atoms with Gasteiger partial charge in [0.2, 0.25) is 0 Å². The average Bonchev–Trinajstić information content (AvgIpc) is 2.42. The summed E-state index contributed by atoms with van der Waals surface area (Å²) in [7, 11) is 1.59. The van der Waals surface area contributed by atoms with Crippen molar-refractivity contribution in [1.82, 2.24) is 9.88 Å². The fourth-order valence-corrected chi connectivity index (χ4v) is 1.42. The third kappa shape index (κ3) is 4.24. The summed E-state index contributed by atoms with van der Waals surface area (Å²) in [6, 6.07) is 3.48. The van der Waals surface area contributed by atoms with Gasteiger partial charge < -0.3 is 10.0 Å². The minimum absolute atomic E-state index is 0.244. The molecule has 98 valence electrons. The monoisotopic (exact) mass is 259 g/mol. The Hall–Kier alpha value is -2.68. The number of hydrogen-bond donors (Lipinski definition) is 1. The first-order valence-electron chi connectivity index (χ1n) is 5.53. The number of carboxylic acids is 1. The molecule has 1 rings (SSSR count). The number of rotatable bonds is 5. The topological polar surface area (TPSA) is 94.3 Å². The summed E-state index contributed by atoms with van der Waals surface area (Å²) in [5.41, 5.74) is 0.784. The Labute approximate surface area is 110 Å². The summed E-state index contributed by atoms with van der Waals surface area (Å²) in [6.45, 7) is 0.319. The quantitative estimate of drug-likeness (QED) is 0.801. The molecule has 0 spiro atoms. The largest absolute Gasteiger partial charge is 0.478 e. The second kappa shape index (κ2) is 6.91. The standard InChI is InChI=1S/C13H13N3O3/c1-16(8-2-6-14)13(19)11-5-7-15-9-10(11)3-4-12(17)18/h3-5,7,9H,2,8H2,1H3,(H,17,18). The summed E-state index contributed by atoms with van der Waals surface area (Å²) in [5, 5.41) is 17.1. The van der Waals surface area contributed by atoms with E-state index in [4.69, 9.17) is 10.4 Å². The number of carbonyl (C=O) groups excluding carboxylic acids is 1. The van der Waals surface area contributed by atoms with Gasteiger partial charge in [0, 0.05) is 43.2 Å². The van der Waals surface area contributed by atoms with E-state index in [0.717, 1.165) is 6.08 Å². The number of nitrogens with zero attached hydrogens (tertiary/aromatic N) is 3. The molecule has 0 saturated carbocycles. The zero-order valence-corrected chi connectivity index (χ0v) is 10.4. The normalized spacial score (nSPS) is 10.1. The molecule has 1 aromatic rings. The second-order valence-corrected chi connectivity index (χ2v) is 3.77. The first-order valence-corrected chi connectivity index (χ1v) is 5.53. The fraction of sp³-hybridized carbons (Fsp3) is 0.231. The molecule has 0 aliphatic rings. The zero-order valence-electron chi connectivity index (χ0n) is 10.4. The Bertz CT molecular complexity index is 546. The van der Waals surface area contributed by atoms with Crippen LogP contribution in [0.15, 0.2) is 24.5 Å². The van der Waals surface area contributed by atoms with Crippen LogP contribution >= 0.6 is 0 Å². The van der Waals surface area contributed by atoms with E-state index in [1.54, 1.807) is 7.05 Å². The molecule has 1 heterocycles. The molecule has 6 heteroatoms. The van der Waals surface area contributed by atoms with Gasteiger partial charge in [-0.1, -0.05) is 0 Å². The zero-order chi connectivity index (χ0) is 14.3. The molecule has 1 N–H and O–H groups in total. The van der Waals surface area contributed by atoms with Gasteiger partial charge >= 0.3 is 5.97 Å². The average molecular weight is 259 g/mol. The summed E-state index contributed by atoms with van der Waals surface area (Å²) < 4.78 is 0. The van der Waals surface area contributed by atoms with Gasteiger partial charge in [-0.3, -0.25) is 9.78 Å². The van der Waals surface area contributed by atoms with E-state index in [0.29, 0.717) is 17.7 Å². The minimum Gasteiger partial charge on any atom is -0.478 e. The van der Waals surface area contributed by atoms with Crippen LogP contribution < -0.4 is 0 Å². The third-order valence-electron chi connectivity index (χ3n) is 2.39. The molecule has 1 amide bonds. The molecule has 0 radical (unpaired) electrons. The lowest BCUT2D eigenvalue weighted by molar-refractivity contribution is -0.131. The van der Waals surface area contributed by atoms with Crippen molar-refractivity contribution in [3.05, 3.63) is 35.7 Å². The third-order valence-corrected chi connectivity index (χ3v) is 2.39. The van der Waals surface area contributed by atoms with Gasteiger partial charge in [-0.25, -0.2) is 4.79 Å². The Morgan fingerprint density at radius 3 is 2.95 bits per heavy atom. The lowest BCUT2D eigenvalue weighted by Crippen LogP contribution is -2.28. The van der Waals surface area contributed by atoms with Crippen LogP contribution in [0.3, 0.4) is 0 Å². The SMILES string of the molecule is CN(CCC#N)C(=O)c1ccncc1C=CC(=O)O. The molecule has 0 bridgehead atoms. The van der Waals surface area contributed by atoms with Crippen molar-refractivity contribution in [3.63, 3.8) is 0 Å². The van der Waals surface area contributed by atoms with Crippen molar-refractivity contribution in [2.24, 2.45) is 0 Å². The van der Waals surface area contributed by atoms with Gasteiger partial charge in [0.15, 0.2) is 0 Å². The van der Waals surface area contributed by atoms with E-state index < -0.39 is 5.97 Å². The summed E-state index contributed by atoms with van der Waals surface area (Å²) in [6.07, 6.45) is 5.39. The van der Waals surface area contributed by atoms with Crippen LogP contribution in [0.25, 0.3) is 6.08 Å². The Kier molecular flexibility index (Phi) is 5.23. The summed E-state index contributed by atoms with van der Waals surface area (Å²) in [5.74, 6) is -1.37. The molecule has 0 aliphatic heterocycles. The molecule has 0 fully saturated rings. The van der Waals surface area contributed by atoms with Crippen molar-refractivity contribution >= 4 is 18.0 Å². The minimum atomic E-state index is -1.10. The highest BCUT2D eigenvalue weighted by Crippen LogP contribution is 2.11. The predicted molar refractivity (Wildman–Crippen MR) is 68.1 cm³/mol. The molecule has 0 aliphatic carbocycles. The predicted octanol–water partition coefficient (Wildman–Crippen LogP) is 1.17. The Morgan fingerprint density at radius 1 is 1.58 bits per heavy atom. The van der Waals surface area contributed by atoms with Crippen molar-refractivity contribution in [1.29, 1.82) is 5.26 Å². The second-order valence-electron chi connectivity index (χ2n) is 3.77. The van der Waals surface area contributed by atoms with Crippen LogP contribution in [0.5, 0.6) is 0 Å². The van der Waals surface area contributed by atoms with Gasteiger partial charge in [-0.05, 0) is 12.1 Å². The van der Waals surface area contributed by atoms with Crippen LogP contribution in [0, 0.1) is 11.3 Å². The van der Waals surface area contributed by atoms with Crippen LogP contribution in [-0.2, 0) is 4.79 Å². The van der Waals surface area contributed by atoms with Crippen LogP contribution in [0.1, 0.15) is 22.3 Å². The number of amides is 1. The highest BCUT2D eigenvalue weighted by atomic mass is 16.4. The molecule has 0 saturated heterocycles. The molecule has 1 aromatic heterocycles. The van der Waals surface area contributed by atoms with E-state index in [-0.39, 0.29) is 12.3 Å². The first-order chi connectivity index (χ1) is 9.06. The fourth-order valence-electron chi connectivity index (χ4n) is 1.42. The van der Waals surface area contributed by atoms with Gasteiger partial charge in [0.1, 0.15) is 0 Å². The number of hydrogen-bond acceptors (Lipinski definition) is 4. The maximum atomic E-state index is 12.1. The van der Waals surface area contributed by atoms with Gasteiger partial charge in [0.25, 0.3) is 5.91 Å². The molecule has 0 aromatic carbocycles. The van der Waals surface area contributed by atoms with Crippen molar-refractivity contribution in [2.75, 3.05) is 13.6 Å². The number of carboxylic acid groups (broad SMARTS) is 1. The number of aliphatic carboxylic acids is 1. The van der Waals surface area contributed by atoms with Gasteiger partial charge in [0.05, 0.1) is 12.5 Å². The van der Waals surface area contributed by atoms with Gasteiger partial charge in [-0.15, -0.1) is 0 Å². The van der Waals surface area contributed by atoms with E-state index in [2.05, 4.69) is 4.98 Å². The van der Waals surface area contributed by atoms with E-state index in [9.17, 15) is 9.59 Å². The highest BCUT2D eigenvalue weighted by Gasteiger charge is 2.14. The Morgan fingerprint density at radius 2 is 2.32 bits per heavy atom. The lowest BCUT2D eigenvalue weighted by atomic mass is 10.1. The lowest BCUT2D eigenvalue weighted by Gasteiger charge is -2.16. The number of nitriles is 1. The number of pyridine rings is 1. The van der Waals surface area contributed by atoms with E-state index in [1.165, 1.54) is 29.4 Å². The number of carbonyl (C=O) groups is 2. The van der Waals surface area contributed by atoms with Crippen molar-refractivity contribution in [3.8, 4) is 6.07 Å². The van der Waals surface area contributed by atoms with E-state index in [1.807, 2.05) is 6.07 Å². The molecular weight excluding hydrogens is 246 g/mol. The Balaban J connectivity index is 2.97.